The number of rotatable bonds is 22. The molecule has 5 aromatic carbocycles. The van der Waals surface area contributed by atoms with Crippen LogP contribution in [0, 0.1) is 17.3 Å². The molecular weight excluding hydrogens is 1640 g/mol. The Kier molecular flexibility index (Phi) is 28.9. The minimum Gasteiger partial charge on any atom is -0.399 e. The van der Waals surface area contributed by atoms with E-state index in [1.807, 2.05) is 132 Å². The number of benzene rings is 5. The number of nitrogens with two attached hydrogens (primary N) is 2. The number of aromatic nitrogens is 6. The van der Waals surface area contributed by atoms with Gasteiger partial charge in [-0.05, 0) is 192 Å². The lowest BCUT2D eigenvalue weighted by Gasteiger charge is -2.45. The Morgan fingerprint density at radius 2 is 0.959 bits per heavy atom. The van der Waals surface area contributed by atoms with Crippen LogP contribution >= 0.6 is 68.0 Å². The molecule has 24 nitrogen and oxygen atoms in total. The Balaban J connectivity index is 0.000000132. The standard InChI is InChI=1S/C24H27N5O2S.C24H27N3OS2.C23H26N4O2S2.C20H21N5O2S/c1-16(30)24(26-2)10-12-29(13-11-24)21-9-4-3-8-19(21)27-22(31)20-15-32-23(28-20)17-6-5-7-18(25)14-17;28-22(19-17-30-23(26-19)21-9-6-16-29-21)25-18-7-2-3-8-20(18)27-14-12-24(13-15-27)10-4-1-5-11-24;1-2-5-15-6-3-10-27(13-15)19-12-16(21(24)28)8-9-17(19)25-22(29)18-14-31-23(26-18)20-7-4-11-30-20;1-13(26)14-6-8-25(9-7-14)18-5-3-2-4-16(18)23-19(27)17-12-28-20(24-17)15-10-21-22-11-15/h3-9,14-15,26H,10-13,25H2,1-2H3,(H,27,31);2-3,6-9,16-17H,1,4-5,10-15H2,(H,25,28);4,7-9,11-12,14-15H,2-3,5-6,10,13H2,1H3,(H2,24,28)(H,25,29);2-5,10-12,14H,6-9H2,1H3,(H,21,22)(H,23,27). The van der Waals surface area contributed by atoms with Gasteiger partial charge in [0.05, 0.1) is 67.0 Å². The van der Waals surface area contributed by atoms with Gasteiger partial charge in [-0.2, -0.15) is 5.10 Å². The first kappa shape index (κ1) is 86.3. The number of H-pyrrole nitrogens is 1. The minimum absolute atomic E-state index is 0.137. The van der Waals surface area contributed by atoms with Crippen LogP contribution in [0.3, 0.4) is 0 Å². The number of aromatic amines is 1. The van der Waals surface area contributed by atoms with Gasteiger partial charge in [-0.25, -0.2) is 19.9 Å². The number of amides is 5. The van der Waals surface area contributed by atoms with Crippen molar-refractivity contribution < 1.29 is 33.6 Å². The summed E-state index contributed by atoms with van der Waals surface area (Å²) in [7, 11) is 1.84. The van der Waals surface area contributed by atoms with E-state index in [0.717, 1.165) is 172 Å². The quantitative estimate of drug-likeness (QED) is 0.0292. The number of thiazole rings is 4. The van der Waals surface area contributed by atoms with Crippen molar-refractivity contribution in [3.05, 3.63) is 213 Å². The van der Waals surface area contributed by atoms with E-state index in [4.69, 9.17) is 11.5 Å². The third kappa shape index (κ3) is 21.6. The van der Waals surface area contributed by atoms with Crippen LogP contribution in [0.2, 0.25) is 0 Å². The van der Waals surface area contributed by atoms with Gasteiger partial charge in [0, 0.05) is 108 Å². The largest absolute Gasteiger partial charge is 0.399 e. The summed E-state index contributed by atoms with van der Waals surface area (Å²) in [5.74, 6) is -0.163. The summed E-state index contributed by atoms with van der Waals surface area (Å²) < 4.78 is 0. The number of ketones is 2. The third-order valence-electron chi connectivity index (χ3n) is 23.4. The maximum Gasteiger partial charge on any atom is 0.275 e. The van der Waals surface area contributed by atoms with Gasteiger partial charge in [-0.15, -0.1) is 68.0 Å². The number of thiophene rings is 2. The number of hydrogen-bond donors (Lipinski definition) is 8. The summed E-state index contributed by atoms with van der Waals surface area (Å²) in [6, 6.07) is 44.4. The molecule has 0 bridgehead atoms. The molecule has 17 rings (SSSR count). The smallest absolute Gasteiger partial charge is 0.275 e. The molecule has 1 aliphatic carbocycles. The van der Waals surface area contributed by atoms with Crippen LogP contribution in [0.4, 0.5) is 51.2 Å². The molecule has 1 spiro atoms. The highest BCUT2D eigenvalue weighted by Crippen LogP contribution is 2.47. The fourth-order valence-corrected chi connectivity index (χ4v) is 21.4. The summed E-state index contributed by atoms with van der Waals surface area (Å²) in [5, 5.41) is 36.4. The van der Waals surface area contributed by atoms with E-state index in [0.29, 0.717) is 51.0 Å². The van der Waals surface area contributed by atoms with Crippen molar-refractivity contribution in [2.75, 3.05) is 106 Å². The van der Waals surface area contributed by atoms with E-state index in [2.05, 4.69) is 95.4 Å². The SMILES string of the molecule is CC(=O)C1CCN(c2ccccc2NC(=O)c2csc(-c3cn[nH]c3)n2)CC1.CCCC1CCCN(c2cc(C(N)=O)ccc2NC(=O)c2csc(-c3cccs3)n2)C1.CNC1(C(C)=O)CCN(c2ccccc2NC(=O)c2csc(-c3cccc(N)c3)n2)CC1.O=C(Nc1ccccc1N1CCC2(CCCCC2)CC1)c1csc(-c2cccs2)n1. The number of primary amides is 1. The number of piperidine rings is 4. The van der Waals surface area contributed by atoms with E-state index >= 15 is 0 Å². The number of hydrogen-bond acceptors (Lipinski definition) is 24. The highest BCUT2D eigenvalue weighted by atomic mass is 32.1. The van der Waals surface area contributed by atoms with E-state index in [-0.39, 0.29) is 41.1 Å². The molecule has 5 fully saturated rings. The first-order valence-corrected chi connectivity index (χ1v) is 46.5. The fourth-order valence-electron chi connectivity index (χ4n) is 16.6. The topological polar surface area (TPSA) is 325 Å². The van der Waals surface area contributed by atoms with Crippen molar-refractivity contribution in [1.82, 2.24) is 35.5 Å². The predicted octanol–water partition coefficient (Wildman–Crippen LogP) is 19.3. The number of nitrogen functional groups attached to an aromatic ring is 1. The van der Waals surface area contributed by atoms with Crippen LogP contribution in [0.15, 0.2) is 184 Å². The highest BCUT2D eigenvalue weighted by molar-refractivity contribution is 7.20. The number of carbonyl (C=O) groups excluding carboxylic acids is 7. The van der Waals surface area contributed by atoms with Crippen molar-refractivity contribution in [1.29, 1.82) is 0 Å². The zero-order valence-corrected chi connectivity index (χ0v) is 73.2. The number of anilines is 9. The van der Waals surface area contributed by atoms with Gasteiger partial charge in [0.25, 0.3) is 23.6 Å². The lowest BCUT2D eigenvalue weighted by atomic mass is 9.68. The average Bonchev–Trinajstić information content (AvgIpc) is 1.35. The Morgan fingerprint density at radius 3 is 1.41 bits per heavy atom. The molecule has 10 N–H and O–H groups in total. The van der Waals surface area contributed by atoms with E-state index < -0.39 is 11.4 Å². The van der Waals surface area contributed by atoms with Crippen LogP contribution in [0.25, 0.3) is 40.9 Å². The van der Waals surface area contributed by atoms with Gasteiger partial charge < -0.3 is 57.7 Å². The van der Waals surface area contributed by atoms with Crippen LogP contribution in [0.1, 0.15) is 169 Å². The van der Waals surface area contributed by atoms with Gasteiger partial charge in [-0.3, -0.25) is 38.7 Å². The second kappa shape index (κ2) is 40.5. The molecule has 5 aliphatic rings. The summed E-state index contributed by atoms with van der Waals surface area (Å²) in [5.41, 5.74) is 22.9. The van der Waals surface area contributed by atoms with Crippen LogP contribution in [-0.2, 0) is 9.59 Å². The van der Waals surface area contributed by atoms with Crippen molar-refractivity contribution in [2.45, 2.75) is 123 Å². The summed E-state index contributed by atoms with van der Waals surface area (Å²) >= 11 is 9.04. The van der Waals surface area contributed by atoms with Crippen molar-refractivity contribution in [3.63, 3.8) is 0 Å². The molecule has 628 valence electrons. The lowest BCUT2D eigenvalue weighted by Crippen LogP contribution is -2.56. The van der Waals surface area contributed by atoms with Gasteiger partial charge in [-0.1, -0.05) is 93.3 Å². The van der Waals surface area contributed by atoms with Crippen LogP contribution in [-0.4, -0.2) is 136 Å². The van der Waals surface area contributed by atoms with Gasteiger partial charge in [0.2, 0.25) is 5.91 Å². The summed E-state index contributed by atoms with van der Waals surface area (Å²) in [6.45, 7) is 12.5. The predicted molar refractivity (Wildman–Crippen MR) is 495 cm³/mol. The normalized spacial score (nSPS) is 16.2. The van der Waals surface area contributed by atoms with Gasteiger partial charge in [0.15, 0.2) is 0 Å². The van der Waals surface area contributed by atoms with Crippen LogP contribution in [0.5, 0.6) is 0 Å². The zero-order valence-electron chi connectivity index (χ0n) is 68.3. The number of para-hydroxylation sites is 6. The van der Waals surface area contributed by atoms with Gasteiger partial charge >= 0.3 is 0 Å². The number of likely N-dealkylation sites (N-methyl/N-ethyl adjacent to an activating group) is 1. The second-order valence-corrected chi connectivity index (χ2v) is 36.5. The fraction of sp³-hybridized carbons (Fsp3) is 0.341. The van der Waals surface area contributed by atoms with Crippen LogP contribution < -0.4 is 57.7 Å². The maximum absolute atomic E-state index is 12.9. The second-order valence-electron chi connectivity index (χ2n) is 31.2. The Hall–Kier alpha value is -11.1. The van der Waals surface area contributed by atoms with Crippen molar-refractivity contribution >= 4 is 160 Å². The molecule has 7 aromatic heterocycles. The van der Waals surface area contributed by atoms with Crippen molar-refractivity contribution in [3.8, 4) is 40.9 Å². The summed E-state index contributed by atoms with van der Waals surface area (Å²) in [6.07, 6.45) is 20.7. The van der Waals surface area contributed by atoms with E-state index in [1.54, 1.807) is 83.3 Å². The molecule has 4 aliphatic heterocycles. The Bertz CT molecular complexity index is 5510. The molecule has 1 atom stereocenters. The molecule has 1 unspecified atom stereocenters. The lowest BCUT2D eigenvalue weighted by molar-refractivity contribution is -0.124. The minimum atomic E-state index is -0.471. The zero-order chi connectivity index (χ0) is 84.4. The molecule has 121 heavy (non-hydrogen) atoms. The Morgan fingerprint density at radius 1 is 0.479 bits per heavy atom. The molecule has 0 radical (unpaired) electrons. The number of nitrogens with zero attached hydrogens (tertiary/aromatic N) is 9. The molecule has 12 aromatic rings. The maximum atomic E-state index is 12.9. The molecular formula is C91H101N17O7S6. The molecule has 4 saturated heterocycles. The van der Waals surface area contributed by atoms with Crippen molar-refractivity contribution in [2.24, 2.45) is 23.0 Å². The third-order valence-corrected chi connectivity index (χ3v) is 29.0. The molecule has 11 heterocycles. The number of carbonyl (C=O) groups is 7. The first-order valence-electron chi connectivity index (χ1n) is 41.2. The molecule has 5 amide bonds. The highest BCUT2D eigenvalue weighted by Gasteiger charge is 2.39. The van der Waals surface area contributed by atoms with E-state index in [9.17, 15) is 33.6 Å². The molecule has 30 heteroatoms. The number of Topliss-reactive ketones (excluding diaryl/α,β-unsaturated/α-hetero) is 2. The monoisotopic (exact) mass is 1740 g/mol. The Labute approximate surface area is 729 Å². The van der Waals surface area contributed by atoms with Gasteiger partial charge in [0.1, 0.15) is 54.4 Å². The van der Waals surface area contributed by atoms with E-state index in [1.165, 1.54) is 103 Å². The average molecular weight is 1740 g/mol. The first-order chi connectivity index (χ1) is 58.8. The molecule has 1 saturated carbocycles. The summed E-state index contributed by atoms with van der Waals surface area (Å²) in [4.78, 5) is 116. The number of nitrogens with one attached hydrogen (secondary N) is 6.